The van der Waals surface area contributed by atoms with Gasteiger partial charge < -0.3 is 4.90 Å². The zero-order chi connectivity index (χ0) is 14.1. The van der Waals surface area contributed by atoms with E-state index in [9.17, 15) is 4.79 Å². The molecule has 0 unspecified atom stereocenters. The van der Waals surface area contributed by atoms with E-state index in [0.29, 0.717) is 18.0 Å². The van der Waals surface area contributed by atoms with Gasteiger partial charge in [0.05, 0.1) is 5.69 Å². The minimum Gasteiger partial charge on any atom is -0.338 e. The first-order chi connectivity index (χ1) is 9.69. The lowest BCUT2D eigenvalue weighted by atomic mass is 10.0. The second-order valence-electron chi connectivity index (χ2n) is 4.96. The van der Waals surface area contributed by atoms with Crippen molar-refractivity contribution >= 4 is 17.5 Å². The molecule has 0 aliphatic carbocycles. The largest absolute Gasteiger partial charge is 0.338 e. The molecule has 0 atom stereocenters. The van der Waals surface area contributed by atoms with E-state index in [2.05, 4.69) is 10.2 Å². The van der Waals surface area contributed by atoms with E-state index >= 15 is 0 Å². The number of hydrogen-bond acceptors (Lipinski definition) is 2. The van der Waals surface area contributed by atoms with Gasteiger partial charge in [-0.1, -0.05) is 30.7 Å². The second-order valence-corrected chi connectivity index (χ2v) is 5.39. The van der Waals surface area contributed by atoms with Crippen LogP contribution in [0.15, 0.2) is 24.3 Å². The van der Waals surface area contributed by atoms with E-state index in [0.717, 1.165) is 35.5 Å². The Labute approximate surface area is 122 Å². The molecule has 1 amide bonds. The molecule has 20 heavy (non-hydrogen) atoms. The molecule has 1 aromatic carbocycles. The van der Waals surface area contributed by atoms with Crippen LogP contribution >= 0.6 is 11.6 Å². The van der Waals surface area contributed by atoms with Crippen molar-refractivity contribution in [1.82, 2.24) is 15.1 Å². The number of aromatic nitrogens is 2. The van der Waals surface area contributed by atoms with Crippen LogP contribution in [0.25, 0.3) is 11.3 Å². The van der Waals surface area contributed by atoms with Crippen molar-refractivity contribution in [2.75, 3.05) is 6.54 Å². The van der Waals surface area contributed by atoms with Crippen molar-refractivity contribution in [2.24, 2.45) is 0 Å². The van der Waals surface area contributed by atoms with E-state index in [-0.39, 0.29) is 5.91 Å². The number of fused-ring (bicyclic) bond motifs is 1. The molecule has 0 saturated heterocycles. The molecule has 1 aromatic heterocycles. The van der Waals surface area contributed by atoms with E-state index in [1.165, 1.54) is 0 Å². The monoisotopic (exact) mass is 289 g/mol. The number of nitrogens with zero attached hydrogens (tertiary/aromatic N) is 2. The summed E-state index contributed by atoms with van der Waals surface area (Å²) in [6.45, 7) is 3.30. The maximum absolute atomic E-state index is 11.9. The lowest BCUT2D eigenvalue weighted by Crippen LogP contribution is -2.35. The van der Waals surface area contributed by atoms with Gasteiger partial charge in [-0.3, -0.25) is 9.89 Å². The summed E-state index contributed by atoms with van der Waals surface area (Å²) in [7, 11) is 0. The number of hydrogen-bond donors (Lipinski definition) is 1. The summed E-state index contributed by atoms with van der Waals surface area (Å²) in [6.07, 6.45) is 1.38. The number of rotatable bonds is 2. The van der Waals surface area contributed by atoms with Gasteiger partial charge in [-0.05, 0) is 12.1 Å². The number of H-pyrrole nitrogens is 1. The van der Waals surface area contributed by atoms with Gasteiger partial charge in [-0.25, -0.2) is 0 Å². The number of aromatic amines is 1. The van der Waals surface area contributed by atoms with Crippen molar-refractivity contribution in [2.45, 2.75) is 26.3 Å². The van der Waals surface area contributed by atoms with Gasteiger partial charge in [0.2, 0.25) is 5.91 Å². The van der Waals surface area contributed by atoms with Crippen LogP contribution in [0.4, 0.5) is 0 Å². The summed E-state index contributed by atoms with van der Waals surface area (Å²) in [5.74, 6) is 0.193. The molecule has 104 valence electrons. The topological polar surface area (TPSA) is 49.0 Å². The third-order valence-electron chi connectivity index (χ3n) is 3.71. The van der Waals surface area contributed by atoms with Crippen molar-refractivity contribution in [1.29, 1.82) is 0 Å². The highest BCUT2D eigenvalue weighted by Gasteiger charge is 2.24. The maximum Gasteiger partial charge on any atom is 0.222 e. The molecule has 1 aliphatic rings. The number of benzene rings is 1. The predicted molar refractivity (Wildman–Crippen MR) is 78.4 cm³/mol. The van der Waals surface area contributed by atoms with Gasteiger partial charge in [0, 0.05) is 47.8 Å². The zero-order valence-corrected chi connectivity index (χ0v) is 12.1. The molecule has 3 rings (SSSR count). The van der Waals surface area contributed by atoms with Crippen LogP contribution < -0.4 is 0 Å². The van der Waals surface area contributed by atoms with Crippen LogP contribution in [0.5, 0.6) is 0 Å². The van der Waals surface area contributed by atoms with Crippen LogP contribution in [-0.4, -0.2) is 27.5 Å². The molecule has 1 aliphatic heterocycles. The van der Waals surface area contributed by atoms with Gasteiger partial charge in [0.1, 0.15) is 0 Å². The van der Waals surface area contributed by atoms with Crippen LogP contribution in [0.1, 0.15) is 24.6 Å². The first-order valence-electron chi connectivity index (χ1n) is 6.79. The van der Waals surface area contributed by atoms with E-state index in [1.807, 2.05) is 36.1 Å². The first kappa shape index (κ1) is 13.2. The summed E-state index contributed by atoms with van der Waals surface area (Å²) in [5.41, 5.74) is 4.21. The number of amides is 1. The Kier molecular flexibility index (Phi) is 3.49. The Morgan fingerprint density at radius 2 is 2.15 bits per heavy atom. The molecule has 2 aromatic rings. The highest BCUT2D eigenvalue weighted by Crippen LogP contribution is 2.29. The fourth-order valence-electron chi connectivity index (χ4n) is 2.58. The SMILES string of the molecule is CCC(=O)N1CCc2[nH]nc(-c3ccc(Cl)cc3)c2C1. The van der Waals surface area contributed by atoms with Crippen molar-refractivity contribution in [3.05, 3.63) is 40.5 Å². The number of halogens is 1. The third-order valence-corrected chi connectivity index (χ3v) is 3.96. The van der Waals surface area contributed by atoms with Crippen molar-refractivity contribution in [3.63, 3.8) is 0 Å². The zero-order valence-electron chi connectivity index (χ0n) is 11.3. The van der Waals surface area contributed by atoms with E-state index in [1.54, 1.807) is 0 Å². The molecule has 0 saturated carbocycles. The van der Waals surface area contributed by atoms with Crippen molar-refractivity contribution in [3.8, 4) is 11.3 Å². The molecule has 0 bridgehead atoms. The van der Waals surface area contributed by atoms with Crippen LogP contribution in [0, 0.1) is 0 Å². The standard InChI is InChI=1S/C15H16ClN3O/c1-2-14(20)19-8-7-13-12(9-19)15(18-17-13)10-3-5-11(16)6-4-10/h3-6H,2,7-9H2,1H3,(H,17,18). The number of carbonyl (C=O) groups is 1. The van der Waals surface area contributed by atoms with Crippen LogP contribution in [0.3, 0.4) is 0 Å². The second kappa shape index (κ2) is 5.29. The van der Waals surface area contributed by atoms with Gasteiger partial charge in [-0.15, -0.1) is 0 Å². The molecule has 0 spiro atoms. The predicted octanol–water partition coefficient (Wildman–Crippen LogP) is 3.02. The summed E-state index contributed by atoms with van der Waals surface area (Å²) in [5, 5.41) is 8.22. The molecule has 0 fully saturated rings. The Morgan fingerprint density at radius 3 is 2.85 bits per heavy atom. The van der Waals surface area contributed by atoms with E-state index in [4.69, 9.17) is 11.6 Å². The maximum atomic E-state index is 11.9. The van der Waals surface area contributed by atoms with Crippen molar-refractivity contribution < 1.29 is 4.79 Å². The molecule has 4 nitrogen and oxygen atoms in total. The number of carbonyl (C=O) groups excluding carboxylic acids is 1. The highest BCUT2D eigenvalue weighted by atomic mass is 35.5. The first-order valence-corrected chi connectivity index (χ1v) is 7.16. The Balaban J connectivity index is 1.94. The number of nitrogens with one attached hydrogen (secondary N) is 1. The van der Waals surface area contributed by atoms with Gasteiger partial charge in [-0.2, -0.15) is 5.10 Å². The summed E-state index contributed by atoms with van der Waals surface area (Å²) >= 11 is 5.92. The average Bonchev–Trinajstić information content (AvgIpc) is 2.90. The Hall–Kier alpha value is -1.81. The van der Waals surface area contributed by atoms with E-state index < -0.39 is 0 Å². The molecular weight excluding hydrogens is 274 g/mol. The fourth-order valence-corrected chi connectivity index (χ4v) is 2.70. The highest BCUT2D eigenvalue weighted by molar-refractivity contribution is 6.30. The Morgan fingerprint density at radius 1 is 1.40 bits per heavy atom. The van der Waals surface area contributed by atoms with Crippen LogP contribution in [0.2, 0.25) is 5.02 Å². The average molecular weight is 290 g/mol. The van der Waals surface area contributed by atoms with Crippen LogP contribution in [-0.2, 0) is 17.8 Å². The van der Waals surface area contributed by atoms with Gasteiger partial charge >= 0.3 is 0 Å². The molecule has 2 heterocycles. The quantitative estimate of drug-likeness (QED) is 0.924. The molecule has 0 radical (unpaired) electrons. The van der Waals surface area contributed by atoms with Gasteiger partial charge in [0.25, 0.3) is 0 Å². The minimum atomic E-state index is 0.193. The summed E-state index contributed by atoms with van der Waals surface area (Å²) in [4.78, 5) is 13.8. The summed E-state index contributed by atoms with van der Waals surface area (Å²) in [6, 6.07) is 7.63. The summed E-state index contributed by atoms with van der Waals surface area (Å²) < 4.78 is 0. The lowest BCUT2D eigenvalue weighted by molar-refractivity contribution is -0.131. The lowest BCUT2D eigenvalue weighted by Gasteiger charge is -2.26. The Bertz CT molecular complexity index is 633. The smallest absolute Gasteiger partial charge is 0.222 e. The third kappa shape index (κ3) is 2.31. The molecular formula is C15H16ClN3O. The van der Waals surface area contributed by atoms with Gasteiger partial charge in [0.15, 0.2) is 0 Å². The molecule has 1 N–H and O–H groups in total. The molecule has 5 heteroatoms. The fraction of sp³-hybridized carbons (Fsp3) is 0.333. The normalized spacial score (nSPS) is 14.2. The minimum absolute atomic E-state index is 0.193.